The summed E-state index contributed by atoms with van der Waals surface area (Å²) in [5.74, 6) is -0.724. The highest BCUT2D eigenvalue weighted by atomic mass is 16.5. The highest BCUT2D eigenvalue weighted by Gasteiger charge is 2.45. The van der Waals surface area contributed by atoms with E-state index in [0.29, 0.717) is 19.1 Å². The van der Waals surface area contributed by atoms with E-state index in [1.807, 2.05) is 6.92 Å². The lowest BCUT2D eigenvalue weighted by Crippen LogP contribution is -2.54. The van der Waals surface area contributed by atoms with E-state index in [2.05, 4.69) is 11.8 Å². The molecule has 4 heteroatoms. The van der Waals surface area contributed by atoms with Crippen LogP contribution in [0.4, 0.5) is 0 Å². The number of ether oxygens (including phenoxy) is 1. The molecule has 0 bridgehead atoms. The first-order valence-electron chi connectivity index (χ1n) is 6.55. The van der Waals surface area contributed by atoms with E-state index in [-0.39, 0.29) is 0 Å². The predicted molar refractivity (Wildman–Crippen MR) is 67.2 cm³/mol. The van der Waals surface area contributed by atoms with Crippen molar-refractivity contribution in [2.75, 3.05) is 20.3 Å². The summed E-state index contributed by atoms with van der Waals surface area (Å²) >= 11 is 0. The van der Waals surface area contributed by atoms with E-state index >= 15 is 0 Å². The van der Waals surface area contributed by atoms with Gasteiger partial charge in [-0.15, -0.1) is 0 Å². The molecule has 0 aromatic heterocycles. The molecule has 0 heterocycles. The Morgan fingerprint density at radius 1 is 1.53 bits per heavy atom. The SMILES string of the molecule is CCCCN(C1CC1)C(C)(CCOC)C(=O)O. The zero-order valence-corrected chi connectivity index (χ0v) is 11.2. The second-order valence-electron chi connectivity index (χ2n) is 5.10. The molecule has 0 radical (unpaired) electrons. The van der Waals surface area contributed by atoms with Crippen LogP contribution in [0.1, 0.15) is 46.0 Å². The van der Waals surface area contributed by atoms with Crippen molar-refractivity contribution in [1.82, 2.24) is 4.90 Å². The van der Waals surface area contributed by atoms with E-state index in [1.54, 1.807) is 7.11 Å². The molecule has 1 unspecified atom stereocenters. The molecule has 1 fully saturated rings. The highest BCUT2D eigenvalue weighted by molar-refractivity contribution is 5.78. The van der Waals surface area contributed by atoms with E-state index in [0.717, 1.165) is 32.2 Å². The number of unbranched alkanes of at least 4 members (excludes halogenated alkanes) is 1. The molecule has 1 saturated carbocycles. The van der Waals surface area contributed by atoms with Gasteiger partial charge in [-0.25, -0.2) is 0 Å². The summed E-state index contributed by atoms with van der Waals surface area (Å²) in [6.07, 6.45) is 4.99. The van der Waals surface area contributed by atoms with Crippen LogP contribution in [-0.4, -0.2) is 47.8 Å². The maximum absolute atomic E-state index is 11.6. The van der Waals surface area contributed by atoms with Gasteiger partial charge >= 0.3 is 5.97 Å². The van der Waals surface area contributed by atoms with Gasteiger partial charge in [0.15, 0.2) is 0 Å². The monoisotopic (exact) mass is 243 g/mol. The summed E-state index contributed by atoms with van der Waals surface area (Å²) in [4.78, 5) is 13.7. The molecule has 1 aliphatic rings. The van der Waals surface area contributed by atoms with Crippen LogP contribution in [0.15, 0.2) is 0 Å². The molecule has 1 N–H and O–H groups in total. The molecule has 1 rings (SSSR count). The molecule has 0 aromatic carbocycles. The number of nitrogens with zero attached hydrogens (tertiary/aromatic N) is 1. The Morgan fingerprint density at radius 2 is 2.18 bits per heavy atom. The standard InChI is InChI=1S/C13H25NO3/c1-4-5-9-14(11-6-7-11)13(2,12(15)16)8-10-17-3/h11H,4-10H2,1-3H3,(H,15,16). The number of hydrogen-bond acceptors (Lipinski definition) is 3. The first-order chi connectivity index (χ1) is 8.06. The first kappa shape index (κ1) is 14.5. The van der Waals surface area contributed by atoms with Crippen LogP contribution >= 0.6 is 0 Å². The number of aliphatic carboxylic acids is 1. The van der Waals surface area contributed by atoms with E-state index < -0.39 is 11.5 Å². The summed E-state index contributed by atoms with van der Waals surface area (Å²) in [5, 5.41) is 9.51. The van der Waals surface area contributed by atoms with Gasteiger partial charge < -0.3 is 9.84 Å². The molecular formula is C13H25NO3. The van der Waals surface area contributed by atoms with Gasteiger partial charge in [-0.1, -0.05) is 13.3 Å². The normalized spacial score (nSPS) is 19.3. The quantitative estimate of drug-likeness (QED) is 0.674. The average molecular weight is 243 g/mol. The second-order valence-corrected chi connectivity index (χ2v) is 5.10. The number of carboxylic acid groups (broad SMARTS) is 1. The summed E-state index contributed by atoms with van der Waals surface area (Å²) in [6, 6.07) is 0.472. The fraction of sp³-hybridized carbons (Fsp3) is 0.923. The number of rotatable bonds is 9. The zero-order chi connectivity index (χ0) is 12.9. The van der Waals surface area contributed by atoms with Crippen LogP contribution in [0, 0.1) is 0 Å². The lowest BCUT2D eigenvalue weighted by atomic mass is 9.95. The molecule has 1 atom stereocenters. The van der Waals surface area contributed by atoms with Crippen LogP contribution in [0.2, 0.25) is 0 Å². The van der Waals surface area contributed by atoms with Gasteiger partial charge in [0.05, 0.1) is 0 Å². The van der Waals surface area contributed by atoms with Gasteiger partial charge in [0.25, 0.3) is 0 Å². The average Bonchev–Trinajstić information content (AvgIpc) is 3.10. The van der Waals surface area contributed by atoms with Crippen LogP contribution in [0.25, 0.3) is 0 Å². The lowest BCUT2D eigenvalue weighted by molar-refractivity contribution is -0.152. The van der Waals surface area contributed by atoms with Gasteiger partial charge in [0.2, 0.25) is 0 Å². The molecule has 100 valence electrons. The Balaban J connectivity index is 2.72. The Kier molecular flexibility index (Phi) is 5.40. The number of methoxy groups -OCH3 is 1. The van der Waals surface area contributed by atoms with Crippen molar-refractivity contribution in [3.63, 3.8) is 0 Å². The molecule has 0 aromatic rings. The number of carboxylic acids is 1. The zero-order valence-electron chi connectivity index (χ0n) is 11.2. The van der Waals surface area contributed by atoms with Crippen molar-refractivity contribution in [1.29, 1.82) is 0 Å². The van der Waals surface area contributed by atoms with E-state index in [4.69, 9.17) is 4.74 Å². The molecule has 0 amide bonds. The van der Waals surface area contributed by atoms with Crippen LogP contribution in [0.5, 0.6) is 0 Å². The largest absolute Gasteiger partial charge is 0.480 e. The fourth-order valence-corrected chi connectivity index (χ4v) is 2.22. The second kappa shape index (κ2) is 6.36. The van der Waals surface area contributed by atoms with Crippen molar-refractivity contribution in [2.45, 2.75) is 57.5 Å². The molecule has 4 nitrogen and oxygen atoms in total. The van der Waals surface area contributed by atoms with E-state index in [1.165, 1.54) is 0 Å². The minimum atomic E-state index is -0.771. The fourth-order valence-electron chi connectivity index (χ4n) is 2.22. The topological polar surface area (TPSA) is 49.8 Å². The molecule has 0 saturated heterocycles. The number of carbonyl (C=O) groups is 1. The van der Waals surface area contributed by atoms with Crippen molar-refractivity contribution in [2.24, 2.45) is 0 Å². The third kappa shape index (κ3) is 3.68. The summed E-state index contributed by atoms with van der Waals surface area (Å²) in [7, 11) is 1.62. The Hall–Kier alpha value is -0.610. The van der Waals surface area contributed by atoms with Gasteiger partial charge in [-0.2, -0.15) is 0 Å². The molecular weight excluding hydrogens is 218 g/mol. The smallest absolute Gasteiger partial charge is 0.323 e. The van der Waals surface area contributed by atoms with Crippen molar-refractivity contribution in [3.8, 4) is 0 Å². The van der Waals surface area contributed by atoms with Crippen molar-refractivity contribution < 1.29 is 14.6 Å². The Morgan fingerprint density at radius 3 is 2.59 bits per heavy atom. The van der Waals surface area contributed by atoms with Crippen molar-refractivity contribution in [3.05, 3.63) is 0 Å². The first-order valence-corrected chi connectivity index (χ1v) is 6.55. The van der Waals surface area contributed by atoms with Gasteiger partial charge in [0, 0.05) is 19.8 Å². The number of hydrogen-bond donors (Lipinski definition) is 1. The Labute approximate surface area is 104 Å². The lowest BCUT2D eigenvalue weighted by Gasteiger charge is -2.38. The summed E-state index contributed by atoms with van der Waals surface area (Å²) in [6.45, 7) is 5.35. The van der Waals surface area contributed by atoms with E-state index in [9.17, 15) is 9.90 Å². The summed E-state index contributed by atoms with van der Waals surface area (Å²) in [5.41, 5.74) is -0.771. The maximum atomic E-state index is 11.6. The molecule has 17 heavy (non-hydrogen) atoms. The minimum absolute atomic E-state index is 0.472. The summed E-state index contributed by atoms with van der Waals surface area (Å²) < 4.78 is 5.05. The van der Waals surface area contributed by atoms with Crippen LogP contribution < -0.4 is 0 Å². The maximum Gasteiger partial charge on any atom is 0.323 e. The van der Waals surface area contributed by atoms with Gasteiger partial charge in [-0.05, 0) is 39.2 Å². The van der Waals surface area contributed by atoms with Crippen molar-refractivity contribution >= 4 is 5.97 Å². The minimum Gasteiger partial charge on any atom is -0.480 e. The van der Waals surface area contributed by atoms with Crippen LogP contribution in [0.3, 0.4) is 0 Å². The molecule has 0 spiro atoms. The highest BCUT2D eigenvalue weighted by Crippen LogP contribution is 2.35. The van der Waals surface area contributed by atoms with Crippen LogP contribution in [-0.2, 0) is 9.53 Å². The van der Waals surface area contributed by atoms with Gasteiger partial charge in [-0.3, -0.25) is 9.69 Å². The predicted octanol–water partition coefficient (Wildman–Crippen LogP) is 2.13. The van der Waals surface area contributed by atoms with Gasteiger partial charge in [0.1, 0.15) is 5.54 Å². The molecule has 0 aliphatic heterocycles. The molecule has 1 aliphatic carbocycles. The third-order valence-electron chi connectivity index (χ3n) is 3.63. The third-order valence-corrected chi connectivity index (χ3v) is 3.63. The Bertz CT molecular complexity index is 253.